The molecule has 1 heterocycles. The molecule has 5 aliphatic carbocycles. The number of aliphatic hydroxyl groups excluding tert-OH is 6. The predicted molar refractivity (Wildman–Crippen MR) is 168 cm³/mol. The van der Waals surface area contributed by atoms with Gasteiger partial charge in [-0.05, 0) is 97.2 Å². The van der Waals surface area contributed by atoms with Crippen molar-refractivity contribution in [3.05, 3.63) is 11.6 Å². The van der Waals surface area contributed by atoms with Crippen molar-refractivity contribution in [2.24, 2.45) is 50.2 Å². The van der Waals surface area contributed by atoms with E-state index in [4.69, 9.17) is 9.47 Å². The maximum atomic E-state index is 13.0. The fourth-order valence-electron chi connectivity index (χ4n) is 12.3. The third-order valence-corrected chi connectivity index (χ3v) is 15.2. The molecule has 262 valence electrons. The zero-order valence-corrected chi connectivity index (χ0v) is 28.5. The molecule has 5 fully saturated rings. The molecule has 7 N–H and O–H groups in total. The highest BCUT2D eigenvalue weighted by atomic mass is 16.7. The molecule has 6 rings (SSSR count). The van der Waals surface area contributed by atoms with Gasteiger partial charge in [-0.25, -0.2) is 0 Å². The Morgan fingerprint density at radius 2 is 1.57 bits per heavy atom. The Labute approximate surface area is 273 Å². The number of carboxylic acids is 1. The van der Waals surface area contributed by atoms with Crippen LogP contribution in [0, 0.1) is 50.2 Å². The molecule has 0 aromatic carbocycles. The van der Waals surface area contributed by atoms with Crippen molar-refractivity contribution in [3.63, 3.8) is 0 Å². The van der Waals surface area contributed by atoms with Crippen molar-refractivity contribution >= 4 is 5.97 Å². The number of hydrogen-bond donors (Lipinski definition) is 7. The largest absolute Gasteiger partial charge is 0.481 e. The van der Waals surface area contributed by atoms with Crippen molar-refractivity contribution < 1.29 is 50.0 Å². The molecule has 0 bridgehead atoms. The lowest BCUT2D eigenvalue weighted by molar-refractivity contribution is -0.345. The molecule has 0 spiro atoms. The van der Waals surface area contributed by atoms with E-state index in [1.807, 2.05) is 6.92 Å². The summed E-state index contributed by atoms with van der Waals surface area (Å²) in [5.74, 6) is -0.518. The van der Waals surface area contributed by atoms with Gasteiger partial charge in [0.15, 0.2) is 6.29 Å². The minimum absolute atomic E-state index is 0.00627. The molecule has 15 atom stereocenters. The van der Waals surface area contributed by atoms with Crippen LogP contribution in [-0.2, 0) is 14.3 Å². The third-order valence-electron chi connectivity index (χ3n) is 15.2. The van der Waals surface area contributed by atoms with E-state index in [0.717, 1.165) is 38.5 Å². The number of ether oxygens (including phenoxy) is 2. The fraction of sp³-hybridized carbons (Fsp3) is 0.917. The molecule has 10 nitrogen and oxygen atoms in total. The van der Waals surface area contributed by atoms with Crippen molar-refractivity contribution in [2.75, 3.05) is 13.2 Å². The Bertz CT molecular complexity index is 1240. The molecule has 46 heavy (non-hydrogen) atoms. The van der Waals surface area contributed by atoms with Crippen molar-refractivity contribution in [1.82, 2.24) is 0 Å². The molecule has 0 aromatic rings. The first-order valence-electron chi connectivity index (χ1n) is 17.5. The fourth-order valence-corrected chi connectivity index (χ4v) is 12.3. The van der Waals surface area contributed by atoms with E-state index < -0.39 is 66.3 Å². The Morgan fingerprint density at radius 3 is 2.20 bits per heavy atom. The summed E-state index contributed by atoms with van der Waals surface area (Å²) >= 11 is 0. The Hall–Kier alpha value is -1.11. The molecule has 0 radical (unpaired) electrons. The minimum atomic E-state index is -1.60. The van der Waals surface area contributed by atoms with Gasteiger partial charge in [0.05, 0.1) is 30.8 Å². The monoisotopic (exact) mass is 650 g/mol. The van der Waals surface area contributed by atoms with Crippen LogP contribution in [0.3, 0.4) is 0 Å². The zero-order chi connectivity index (χ0) is 33.8. The Morgan fingerprint density at radius 1 is 0.891 bits per heavy atom. The second kappa shape index (κ2) is 11.2. The number of allylic oxidation sites excluding steroid dienone is 2. The van der Waals surface area contributed by atoms with Gasteiger partial charge in [-0.3, -0.25) is 4.79 Å². The molecular weight excluding hydrogens is 592 g/mol. The maximum absolute atomic E-state index is 13.0. The van der Waals surface area contributed by atoms with Crippen LogP contribution in [0.15, 0.2) is 11.6 Å². The van der Waals surface area contributed by atoms with Crippen LogP contribution >= 0.6 is 0 Å². The molecule has 10 heteroatoms. The first kappa shape index (κ1) is 34.7. The minimum Gasteiger partial charge on any atom is -0.481 e. The second-order valence-electron chi connectivity index (χ2n) is 17.9. The Kier molecular flexibility index (Phi) is 8.46. The molecule has 1 saturated heterocycles. The first-order chi connectivity index (χ1) is 21.3. The summed E-state index contributed by atoms with van der Waals surface area (Å²) in [5, 5.41) is 74.6. The number of carbonyl (C=O) groups is 1. The van der Waals surface area contributed by atoms with Gasteiger partial charge in [-0.15, -0.1) is 0 Å². The lowest BCUT2D eigenvalue weighted by Crippen LogP contribution is -2.69. The average molecular weight is 651 g/mol. The SMILES string of the molecule is CC1(C)CC[C@@]2(C(=O)O)CC[C@@]3(C)C(=CCC4[C@]5(C)C[C@@H](O)[C@@H](O[C@H]6O[C@@H](CO)[C@H](O)[C@@H](O)[C@@H]6O)[C@](C)(CO)C5CC[C@@]43C)C2C1. The molecule has 0 aromatic heterocycles. The van der Waals surface area contributed by atoms with E-state index in [2.05, 4.69) is 40.7 Å². The average Bonchev–Trinajstić information content (AvgIpc) is 2.98. The van der Waals surface area contributed by atoms with Gasteiger partial charge in [-0.1, -0.05) is 53.2 Å². The van der Waals surface area contributed by atoms with Crippen LogP contribution < -0.4 is 0 Å². The molecule has 0 amide bonds. The highest BCUT2D eigenvalue weighted by Gasteiger charge is 2.71. The van der Waals surface area contributed by atoms with E-state index in [0.29, 0.717) is 19.3 Å². The summed E-state index contributed by atoms with van der Waals surface area (Å²) in [6.45, 7) is 12.6. The van der Waals surface area contributed by atoms with Crippen LogP contribution in [0.5, 0.6) is 0 Å². The summed E-state index contributed by atoms with van der Waals surface area (Å²) in [5.41, 5.74) is -0.930. The van der Waals surface area contributed by atoms with Crippen LogP contribution in [0.1, 0.15) is 99.3 Å². The van der Waals surface area contributed by atoms with Gasteiger partial charge in [0.1, 0.15) is 24.4 Å². The number of aliphatic carboxylic acids is 1. The third kappa shape index (κ3) is 4.60. The second-order valence-corrected chi connectivity index (χ2v) is 17.9. The van der Waals surface area contributed by atoms with E-state index in [9.17, 15) is 40.5 Å². The number of aliphatic hydroxyl groups is 6. The topological polar surface area (TPSA) is 177 Å². The number of rotatable bonds is 5. The van der Waals surface area contributed by atoms with E-state index in [-0.39, 0.29) is 46.0 Å². The smallest absolute Gasteiger partial charge is 0.310 e. The first-order valence-corrected chi connectivity index (χ1v) is 17.5. The van der Waals surface area contributed by atoms with Crippen LogP contribution in [0.4, 0.5) is 0 Å². The number of fused-ring (bicyclic) bond motifs is 7. The van der Waals surface area contributed by atoms with Crippen molar-refractivity contribution in [2.45, 2.75) is 142 Å². The van der Waals surface area contributed by atoms with E-state index >= 15 is 0 Å². The van der Waals surface area contributed by atoms with Gasteiger partial charge in [0.25, 0.3) is 0 Å². The van der Waals surface area contributed by atoms with Gasteiger partial charge >= 0.3 is 5.97 Å². The maximum Gasteiger partial charge on any atom is 0.310 e. The zero-order valence-electron chi connectivity index (χ0n) is 28.5. The summed E-state index contributed by atoms with van der Waals surface area (Å²) < 4.78 is 11.9. The van der Waals surface area contributed by atoms with Gasteiger partial charge in [0.2, 0.25) is 0 Å². The van der Waals surface area contributed by atoms with Crippen LogP contribution in [-0.4, -0.2) is 97.8 Å². The highest BCUT2D eigenvalue weighted by molar-refractivity contribution is 5.76. The lowest BCUT2D eigenvalue weighted by Gasteiger charge is -2.71. The lowest BCUT2D eigenvalue weighted by atomic mass is 9.33. The van der Waals surface area contributed by atoms with Crippen molar-refractivity contribution in [1.29, 1.82) is 0 Å². The molecule has 4 saturated carbocycles. The Balaban J connectivity index is 1.34. The van der Waals surface area contributed by atoms with E-state index in [1.54, 1.807) is 0 Å². The van der Waals surface area contributed by atoms with Gasteiger partial charge in [-0.2, -0.15) is 0 Å². The number of carboxylic acid groups (broad SMARTS) is 1. The van der Waals surface area contributed by atoms with Crippen LogP contribution in [0.25, 0.3) is 0 Å². The number of hydrogen-bond acceptors (Lipinski definition) is 9. The summed E-state index contributed by atoms with van der Waals surface area (Å²) in [6.07, 6.45) is 0.0131. The molecule has 1 aliphatic heterocycles. The summed E-state index contributed by atoms with van der Waals surface area (Å²) in [6, 6.07) is 0. The van der Waals surface area contributed by atoms with Gasteiger partial charge < -0.3 is 45.2 Å². The summed E-state index contributed by atoms with van der Waals surface area (Å²) in [7, 11) is 0. The summed E-state index contributed by atoms with van der Waals surface area (Å²) in [4.78, 5) is 13.0. The molecular formula is C36H58O10. The predicted octanol–water partition coefficient (Wildman–Crippen LogP) is 3.00. The molecule has 3 unspecified atom stereocenters. The van der Waals surface area contributed by atoms with E-state index in [1.165, 1.54) is 5.57 Å². The van der Waals surface area contributed by atoms with Gasteiger partial charge in [0, 0.05) is 5.41 Å². The normalized spacial score (nSPS) is 54.8. The molecule has 6 aliphatic rings. The quantitative estimate of drug-likeness (QED) is 0.173. The standard InChI is InChI=1S/C36H58O10/c1-31(2)11-13-36(30(43)44)14-12-34(5)19(20(36)15-31)7-8-24-32(3)16-21(39)28(33(4,18-38)23(32)9-10-35(24,34)6)46-29-27(42)26(41)25(40)22(17-37)45-29/h7,20-29,37-42H,8-18H2,1-6H3,(H,43,44)/t20?,21-,22+,23?,24?,25+,26-,27+,28-,29-,32-,33-,34+,35+,36-/m1/s1. The van der Waals surface area contributed by atoms with Crippen LogP contribution in [0.2, 0.25) is 0 Å². The van der Waals surface area contributed by atoms with Crippen molar-refractivity contribution in [3.8, 4) is 0 Å². The highest BCUT2D eigenvalue weighted by Crippen LogP contribution is 2.76.